The summed E-state index contributed by atoms with van der Waals surface area (Å²) in [7, 11) is 0. The van der Waals surface area contributed by atoms with Crippen LogP contribution < -0.4 is 0 Å². The molecule has 92 valence electrons. The molecule has 0 radical (unpaired) electrons. The van der Waals surface area contributed by atoms with Gasteiger partial charge in [-0.2, -0.15) is 0 Å². The van der Waals surface area contributed by atoms with E-state index in [-0.39, 0.29) is 5.91 Å². The molecule has 2 rings (SSSR count). The molecule has 0 aromatic carbocycles. The van der Waals surface area contributed by atoms with Gasteiger partial charge in [-0.3, -0.25) is 9.69 Å². The van der Waals surface area contributed by atoms with Crippen molar-refractivity contribution in [3.05, 3.63) is 35.0 Å². The summed E-state index contributed by atoms with van der Waals surface area (Å²) in [4.78, 5) is 17.2. The fourth-order valence-corrected chi connectivity index (χ4v) is 2.85. The highest BCUT2D eigenvalue weighted by atomic mass is 32.1. The van der Waals surface area contributed by atoms with Crippen molar-refractivity contribution in [3.8, 4) is 0 Å². The number of nitrogens with zero attached hydrogens (tertiary/aromatic N) is 2. The molecular formula is C13H18N2OS. The molecule has 4 heteroatoms. The summed E-state index contributed by atoms with van der Waals surface area (Å²) in [6, 6.07) is 4.26. The van der Waals surface area contributed by atoms with Gasteiger partial charge in [-0.1, -0.05) is 12.6 Å². The van der Waals surface area contributed by atoms with Crippen LogP contribution in [0.3, 0.4) is 0 Å². The van der Waals surface area contributed by atoms with Gasteiger partial charge in [-0.25, -0.2) is 0 Å². The first-order valence-corrected chi connectivity index (χ1v) is 6.83. The number of thiophene rings is 1. The number of hydrogen-bond donors (Lipinski definition) is 0. The second-order valence-corrected chi connectivity index (χ2v) is 5.27. The maximum Gasteiger partial charge on any atom is 0.245 e. The third-order valence-electron chi connectivity index (χ3n) is 3.03. The van der Waals surface area contributed by atoms with Crippen molar-refractivity contribution in [3.63, 3.8) is 0 Å². The molecule has 1 fully saturated rings. The van der Waals surface area contributed by atoms with Gasteiger partial charge in [0.15, 0.2) is 0 Å². The Morgan fingerprint density at radius 1 is 1.41 bits per heavy atom. The van der Waals surface area contributed by atoms with E-state index in [1.807, 2.05) is 4.90 Å². The highest BCUT2D eigenvalue weighted by molar-refractivity contribution is 7.09. The van der Waals surface area contributed by atoms with Crippen LogP contribution in [0.4, 0.5) is 0 Å². The van der Waals surface area contributed by atoms with Crippen LogP contribution in [0.5, 0.6) is 0 Å². The Balaban J connectivity index is 1.87. The number of carbonyl (C=O) groups is 1. The molecule has 0 spiro atoms. The molecule has 0 unspecified atom stereocenters. The molecule has 1 aromatic heterocycles. The van der Waals surface area contributed by atoms with E-state index < -0.39 is 0 Å². The first-order chi connectivity index (χ1) is 8.29. The summed E-state index contributed by atoms with van der Waals surface area (Å²) < 4.78 is 0. The van der Waals surface area contributed by atoms with Crippen molar-refractivity contribution >= 4 is 17.2 Å². The van der Waals surface area contributed by atoms with E-state index in [0.29, 0.717) is 0 Å². The smallest absolute Gasteiger partial charge is 0.245 e. The molecule has 1 aliphatic rings. The molecule has 0 bridgehead atoms. The average Bonchev–Trinajstić information content (AvgIpc) is 2.73. The van der Waals surface area contributed by atoms with Crippen molar-refractivity contribution < 1.29 is 4.79 Å². The summed E-state index contributed by atoms with van der Waals surface area (Å²) in [6.45, 7) is 8.24. The second kappa shape index (κ2) is 5.98. The zero-order valence-corrected chi connectivity index (χ0v) is 10.8. The minimum atomic E-state index is 0.0583. The Kier molecular flexibility index (Phi) is 4.34. The lowest BCUT2D eigenvalue weighted by Crippen LogP contribution is -2.33. The Morgan fingerprint density at radius 3 is 3.00 bits per heavy atom. The van der Waals surface area contributed by atoms with Gasteiger partial charge < -0.3 is 4.90 Å². The minimum absolute atomic E-state index is 0.0583. The summed E-state index contributed by atoms with van der Waals surface area (Å²) in [5, 5.41) is 2.11. The summed E-state index contributed by atoms with van der Waals surface area (Å²) in [6.07, 6.45) is 2.46. The number of hydrogen-bond acceptors (Lipinski definition) is 3. The molecule has 17 heavy (non-hydrogen) atoms. The predicted molar refractivity (Wildman–Crippen MR) is 71.0 cm³/mol. The van der Waals surface area contributed by atoms with Crippen molar-refractivity contribution in [2.75, 3.05) is 26.2 Å². The zero-order chi connectivity index (χ0) is 12.1. The van der Waals surface area contributed by atoms with Gasteiger partial charge in [-0.15, -0.1) is 11.3 Å². The van der Waals surface area contributed by atoms with E-state index in [0.717, 1.165) is 39.1 Å². The topological polar surface area (TPSA) is 23.6 Å². The highest BCUT2D eigenvalue weighted by Gasteiger charge is 2.17. The number of carbonyl (C=O) groups excluding carboxylic acids is 1. The third kappa shape index (κ3) is 3.41. The van der Waals surface area contributed by atoms with Crippen molar-refractivity contribution in [2.24, 2.45) is 0 Å². The Morgan fingerprint density at radius 2 is 2.29 bits per heavy atom. The fraction of sp³-hybridized carbons (Fsp3) is 0.462. The van der Waals surface area contributed by atoms with Crippen LogP contribution >= 0.6 is 11.3 Å². The van der Waals surface area contributed by atoms with Crippen LogP contribution in [0.15, 0.2) is 30.2 Å². The van der Waals surface area contributed by atoms with Crippen molar-refractivity contribution in [1.82, 2.24) is 9.80 Å². The van der Waals surface area contributed by atoms with Gasteiger partial charge in [0.25, 0.3) is 0 Å². The third-order valence-corrected chi connectivity index (χ3v) is 3.90. The molecule has 1 aliphatic heterocycles. The molecular weight excluding hydrogens is 232 g/mol. The standard InChI is InChI=1S/C13H18N2OS/c1-2-13(16)15-7-4-6-14(8-9-15)11-12-5-3-10-17-12/h2-3,5,10H,1,4,6-9,11H2. The summed E-state index contributed by atoms with van der Waals surface area (Å²) in [5.74, 6) is 0.0583. The van der Waals surface area contributed by atoms with Crippen molar-refractivity contribution in [1.29, 1.82) is 0 Å². The number of rotatable bonds is 3. The van der Waals surface area contributed by atoms with E-state index in [1.54, 1.807) is 11.3 Å². The molecule has 1 amide bonds. The van der Waals surface area contributed by atoms with Gasteiger partial charge in [0.1, 0.15) is 0 Å². The maximum atomic E-state index is 11.5. The van der Waals surface area contributed by atoms with Crippen LogP contribution in [0.25, 0.3) is 0 Å². The van der Waals surface area contributed by atoms with Crippen LogP contribution in [0, 0.1) is 0 Å². The average molecular weight is 250 g/mol. The minimum Gasteiger partial charge on any atom is -0.338 e. The van der Waals surface area contributed by atoms with Gasteiger partial charge in [0, 0.05) is 37.6 Å². The van der Waals surface area contributed by atoms with Gasteiger partial charge in [0.05, 0.1) is 0 Å². The van der Waals surface area contributed by atoms with Gasteiger partial charge in [0.2, 0.25) is 5.91 Å². The molecule has 1 aromatic rings. The monoisotopic (exact) mass is 250 g/mol. The SMILES string of the molecule is C=CC(=O)N1CCCN(Cc2cccs2)CC1. The summed E-state index contributed by atoms with van der Waals surface area (Å²) in [5.41, 5.74) is 0. The Labute approximate surface area is 106 Å². The molecule has 1 saturated heterocycles. The maximum absolute atomic E-state index is 11.5. The fourth-order valence-electron chi connectivity index (χ4n) is 2.10. The largest absolute Gasteiger partial charge is 0.338 e. The van der Waals surface area contributed by atoms with E-state index in [1.165, 1.54) is 11.0 Å². The first kappa shape index (κ1) is 12.3. The normalized spacial score (nSPS) is 17.8. The van der Waals surface area contributed by atoms with E-state index in [9.17, 15) is 4.79 Å². The zero-order valence-electron chi connectivity index (χ0n) is 9.97. The van der Waals surface area contributed by atoms with Crippen LogP contribution in [0.1, 0.15) is 11.3 Å². The molecule has 0 saturated carbocycles. The molecule has 3 nitrogen and oxygen atoms in total. The first-order valence-electron chi connectivity index (χ1n) is 5.95. The lowest BCUT2D eigenvalue weighted by molar-refractivity contribution is -0.125. The number of amides is 1. The Hall–Kier alpha value is -1.13. The van der Waals surface area contributed by atoms with Crippen LogP contribution in [-0.2, 0) is 11.3 Å². The molecule has 0 atom stereocenters. The second-order valence-electron chi connectivity index (χ2n) is 4.24. The van der Waals surface area contributed by atoms with Gasteiger partial charge >= 0.3 is 0 Å². The molecule has 0 N–H and O–H groups in total. The quantitative estimate of drug-likeness (QED) is 0.766. The lowest BCUT2D eigenvalue weighted by atomic mass is 10.3. The lowest BCUT2D eigenvalue weighted by Gasteiger charge is -2.20. The van der Waals surface area contributed by atoms with E-state index in [4.69, 9.17) is 0 Å². The molecule has 0 aliphatic carbocycles. The van der Waals surface area contributed by atoms with Gasteiger partial charge in [-0.05, 0) is 23.9 Å². The van der Waals surface area contributed by atoms with Crippen LogP contribution in [-0.4, -0.2) is 41.9 Å². The van der Waals surface area contributed by atoms with Crippen molar-refractivity contribution in [2.45, 2.75) is 13.0 Å². The Bertz CT molecular complexity index is 375. The van der Waals surface area contributed by atoms with E-state index >= 15 is 0 Å². The van der Waals surface area contributed by atoms with E-state index in [2.05, 4.69) is 29.0 Å². The molecule has 2 heterocycles. The summed E-state index contributed by atoms with van der Waals surface area (Å²) >= 11 is 1.80. The van der Waals surface area contributed by atoms with Crippen LogP contribution in [0.2, 0.25) is 0 Å². The highest BCUT2D eigenvalue weighted by Crippen LogP contribution is 2.13. The predicted octanol–water partition coefficient (Wildman–Crippen LogP) is 1.97.